The molecule has 0 atom stereocenters. The van der Waals surface area contributed by atoms with E-state index in [2.05, 4.69) is 40.7 Å². The van der Waals surface area contributed by atoms with Crippen molar-refractivity contribution in [3.05, 3.63) is 29.3 Å². The first kappa shape index (κ1) is 13.9. The van der Waals surface area contributed by atoms with E-state index < -0.39 is 5.54 Å². The molecule has 4 nitrogen and oxygen atoms in total. The lowest BCUT2D eigenvalue weighted by Crippen LogP contribution is -2.62. The highest BCUT2D eigenvalue weighted by molar-refractivity contribution is 5.90. The molecule has 1 aromatic rings. The normalized spacial score (nSPS) is 18.3. The van der Waals surface area contributed by atoms with Crippen molar-refractivity contribution >= 4 is 11.6 Å². The van der Waals surface area contributed by atoms with Gasteiger partial charge in [-0.25, -0.2) is 0 Å². The Labute approximate surface area is 115 Å². The first-order valence-electron chi connectivity index (χ1n) is 6.77. The zero-order valence-electron chi connectivity index (χ0n) is 12.2. The van der Waals surface area contributed by atoms with Crippen molar-refractivity contribution in [1.82, 2.24) is 10.6 Å². The lowest BCUT2D eigenvalue weighted by atomic mass is 9.96. The zero-order chi connectivity index (χ0) is 14.0. The Morgan fingerprint density at radius 3 is 2.79 bits per heavy atom. The van der Waals surface area contributed by atoms with Crippen molar-refractivity contribution in [2.75, 3.05) is 25.0 Å². The van der Waals surface area contributed by atoms with Crippen molar-refractivity contribution < 1.29 is 4.79 Å². The monoisotopic (exact) mass is 261 g/mol. The zero-order valence-corrected chi connectivity index (χ0v) is 12.2. The van der Waals surface area contributed by atoms with Crippen LogP contribution in [0.2, 0.25) is 0 Å². The standard InChI is InChI=1S/C15H23N3O/c1-11-9-12(10-16-4)5-6-13(11)18-8-7-17-14(19)15(18,2)3/h5-6,9,16H,7-8,10H2,1-4H3,(H,17,19). The summed E-state index contributed by atoms with van der Waals surface area (Å²) < 4.78 is 0. The number of carbonyl (C=O) groups excluding carboxylic acids is 1. The smallest absolute Gasteiger partial charge is 0.245 e. The fourth-order valence-electron chi connectivity index (χ4n) is 2.66. The molecule has 1 aliphatic heterocycles. The fourth-order valence-corrected chi connectivity index (χ4v) is 2.66. The number of aryl methyl sites for hydroxylation is 1. The molecule has 2 rings (SSSR count). The van der Waals surface area contributed by atoms with Crippen molar-refractivity contribution in [1.29, 1.82) is 0 Å². The van der Waals surface area contributed by atoms with Gasteiger partial charge in [-0.15, -0.1) is 0 Å². The van der Waals surface area contributed by atoms with E-state index in [0.29, 0.717) is 6.54 Å². The quantitative estimate of drug-likeness (QED) is 0.865. The highest BCUT2D eigenvalue weighted by atomic mass is 16.2. The number of amides is 1. The van der Waals surface area contributed by atoms with Gasteiger partial charge in [-0.05, 0) is 45.0 Å². The van der Waals surface area contributed by atoms with Gasteiger partial charge in [0.25, 0.3) is 0 Å². The number of hydrogen-bond donors (Lipinski definition) is 2. The van der Waals surface area contributed by atoms with E-state index in [1.54, 1.807) is 0 Å². The predicted octanol–water partition coefficient (Wildman–Crippen LogP) is 1.43. The second kappa shape index (κ2) is 5.21. The summed E-state index contributed by atoms with van der Waals surface area (Å²) in [4.78, 5) is 14.2. The van der Waals surface area contributed by atoms with Crippen molar-refractivity contribution in [2.24, 2.45) is 0 Å². The maximum Gasteiger partial charge on any atom is 0.245 e. The highest BCUT2D eigenvalue weighted by Gasteiger charge is 2.38. The van der Waals surface area contributed by atoms with Gasteiger partial charge in [-0.2, -0.15) is 0 Å². The van der Waals surface area contributed by atoms with Gasteiger partial charge in [0.15, 0.2) is 0 Å². The largest absolute Gasteiger partial charge is 0.356 e. The third kappa shape index (κ3) is 2.59. The molecule has 0 aliphatic carbocycles. The van der Waals surface area contributed by atoms with Crippen LogP contribution in [0.1, 0.15) is 25.0 Å². The number of benzene rings is 1. The number of nitrogens with one attached hydrogen (secondary N) is 2. The van der Waals surface area contributed by atoms with Crippen molar-refractivity contribution in [3.63, 3.8) is 0 Å². The summed E-state index contributed by atoms with van der Waals surface area (Å²) in [5.74, 6) is 0.0949. The maximum atomic E-state index is 12.0. The minimum atomic E-state index is -0.493. The molecule has 0 radical (unpaired) electrons. The molecule has 0 aromatic heterocycles. The summed E-state index contributed by atoms with van der Waals surface area (Å²) in [6, 6.07) is 6.44. The number of nitrogens with zero attached hydrogens (tertiary/aromatic N) is 1. The Hall–Kier alpha value is -1.55. The molecule has 1 heterocycles. The molecule has 19 heavy (non-hydrogen) atoms. The Kier molecular flexibility index (Phi) is 3.80. The average molecular weight is 261 g/mol. The van der Waals surface area contributed by atoms with Crippen LogP contribution in [0, 0.1) is 6.92 Å². The molecule has 2 N–H and O–H groups in total. The van der Waals surface area contributed by atoms with Crippen LogP contribution >= 0.6 is 0 Å². The lowest BCUT2D eigenvalue weighted by Gasteiger charge is -2.43. The van der Waals surface area contributed by atoms with Crippen LogP contribution in [-0.4, -0.2) is 31.6 Å². The second-order valence-corrected chi connectivity index (χ2v) is 5.62. The van der Waals surface area contributed by atoms with E-state index in [1.165, 1.54) is 11.1 Å². The van der Waals surface area contributed by atoms with E-state index in [9.17, 15) is 4.79 Å². The summed E-state index contributed by atoms with van der Waals surface area (Å²) in [6.45, 7) is 8.48. The summed E-state index contributed by atoms with van der Waals surface area (Å²) in [6.07, 6.45) is 0. The van der Waals surface area contributed by atoms with Crippen LogP contribution in [0.5, 0.6) is 0 Å². The van der Waals surface area contributed by atoms with Crippen LogP contribution < -0.4 is 15.5 Å². The van der Waals surface area contributed by atoms with E-state index in [-0.39, 0.29) is 5.91 Å². The Morgan fingerprint density at radius 1 is 1.42 bits per heavy atom. The molecule has 1 aromatic carbocycles. The van der Waals surface area contributed by atoms with Crippen molar-refractivity contribution in [3.8, 4) is 0 Å². The van der Waals surface area contributed by atoms with E-state index in [4.69, 9.17) is 0 Å². The molecule has 0 unspecified atom stereocenters. The van der Waals surface area contributed by atoms with E-state index >= 15 is 0 Å². The molecule has 1 aliphatic rings. The molecule has 0 spiro atoms. The van der Waals surface area contributed by atoms with Gasteiger partial charge in [-0.1, -0.05) is 12.1 Å². The predicted molar refractivity (Wildman–Crippen MR) is 78.4 cm³/mol. The van der Waals surface area contributed by atoms with Gasteiger partial charge in [0.2, 0.25) is 5.91 Å². The summed E-state index contributed by atoms with van der Waals surface area (Å²) in [7, 11) is 1.95. The molecular formula is C15H23N3O. The van der Waals surface area contributed by atoms with Crippen LogP contribution in [-0.2, 0) is 11.3 Å². The van der Waals surface area contributed by atoms with Crippen molar-refractivity contribution in [2.45, 2.75) is 32.9 Å². The Morgan fingerprint density at radius 2 is 2.16 bits per heavy atom. The Bertz CT molecular complexity index is 482. The van der Waals surface area contributed by atoms with E-state index in [1.807, 2.05) is 20.9 Å². The lowest BCUT2D eigenvalue weighted by molar-refractivity contribution is -0.126. The molecule has 104 valence electrons. The minimum absolute atomic E-state index is 0.0949. The fraction of sp³-hybridized carbons (Fsp3) is 0.533. The van der Waals surface area contributed by atoms with Crippen LogP contribution in [0.25, 0.3) is 0 Å². The first-order chi connectivity index (χ1) is 8.96. The van der Waals surface area contributed by atoms with Crippen LogP contribution in [0.15, 0.2) is 18.2 Å². The summed E-state index contributed by atoms with van der Waals surface area (Å²) >= 11 is 0. The van der Waals surface area contributed by atoms with Gasteiger partial charge < -0.3 is 15.5 Å². The van der Waals surface area contributed by atoms with Gasteiger partial charge in [-0.3, -0.25) is 4.79 Å². The molecular weight excluding hydrogens is 238 g/mol. The van der Waals surface area contributed by atoms with Gasteiger partial charge in [0.1, 0.15) is 5.54 Å². The molecule has 4 heteroatoms. The van der Waals surface area contributed by atoms with Gasteiger partial charge in [0.05, 0.1) is 0 Å². The first-order valence-corrected chi connectivity index (χ1v) is 6.77. The van der Waals surface area contributed by atoms with Gasteiger partial charge in [0, 0.05) is 25.3 Å². The molecule has 1 saturated heterocycles. The number of hydrogen-bond acceptors (Lipinski definition) is 3. The highest BCUT2D eigenvalue weighted by Crippen LogP contribution is 2.29. The molecule has 1 fully saturated rings. The summed E-state index contributed by atoms with van der Waals surface area (Å²) in [5.41, 5.74) is 3.14. The van der Waals surface area contributed by atoms with E-state index in [0.717, 1.165) is 18.8 Å². The molecule has 0 saturated carbocycles. The topological polar surface area (TPSA) is 44.4 Å². The number of rotatable bonds is 3. The number of piperazine rings is 1. The Balaban J connectivity index is 2.33. The third-order valence-electron chi connectivity index (χ3n) is 3.78. The summed E-state index contributed by atoms with van der Waals surface area (Å²) in [5, 5.41) is 6.09. The van der Waals surface area contributed by atoms with Crippen LogP contribution in [0.4, 0.5) is 5.69 Å². The average Bonchev–Trinajstić information content (AvgIpc) is 2.34. The van der Waals surface area contributed by atoms with Crippen LogP contribution in [0.3, 0.4) is 0 Å². The second-order valence-electron chi connectivity index (χ2n) is 5.62. The number of anilines is 1. The maximum absolute atomic E-state index is 12.0. The SMILES string of the molecule is CNCc1ccc(N2CCNC(=O)C2(C)C)c(C)c1. The molecule has 0 bridgehead atoms. The minimum Gasteiger partial charge on any atom is -0.356 e. The molecule has 1 amide bonds. The third-order valence-corrected chi connectivity index (χ3v) is 3.78. The van der Waals surface area contributed by atoms with Gasteiger partial charge >= 0.3 is 0 Å². The number of carbonyl (C=O) groups is 1.